The third-order valence-electron chi connectivity index (χ3n) is 3.95. The first-order valence-corrected chi connectivity index (χ1v) is 7.50. The summed E-state index contributed by atoms with van der Waals surface area (Å²) in [5.74, 6) is -0.702. The Labute approximate surface area is 127 Å². The fourth-order valence-corrected chi connectivity index (χ4v) is 3.50. The maximum absolute atomic E-state index is 11.6. The van der Waals surface area contributed by atoms with Crippen molar-refractivity contribution in [1.82, 2.24) is 0 Å². The zero-order chi connectivity index (χ0) is 14.8. The van der Waals surface area contributed by atoms with Crippen molar-refractivity contribution in [2.45, 2.75) is 26.2 Å². The van der Waals surface area contributed by atoms with Crippen LogP contribution in [0, 0.1) is 16.7 Å². The molecule has 0 aromatic heterocycles. The SMILES string of the molecule is CCCC1(C(=O)O)CCN(c2ccc(C#N)cc2Br)C1. The molecule has 1 unspecified atom stereocenters. The van der Waals surface area contributed by atoms with Crippen LogP contribution in [0.5, 0.6) is 0 Å². The molecule has 0 saturated carbocycles. The highest BCUT2D eigenvalue weighted by atomic mass is 79.9. The lowest BCUT2D eigenvalue weighted by Gasteiger charge is -2.25. The summed E-state index contributed by atoms with van der Waals surface area (Å²) >= 11 is 3.47. The van der Waals surface area contributed by atoms with Crippen molar-refractivity contribution in [2.75, 3.05) is 18.0 Å². The van der Waals surface area contributed by atoms with Gasteiger partial charge in [-0.1, -0.05) is 13.3 Å². The van der Waals surface area contributed by atoms with Gasteiger partial charge in [-0.3, -0.25) is 4.79 Å². The highest BCUT2D eigenvalue weighted by Gasteiger charge is 2.44. The van der Waals surface area contributed by atoms with Crippen LogP contribution in [0.2, 0.25) is 0 Å². The lowest BCUT2D eigenvalue weighted by Crippen LogP contribution is -2.34. The van der Waals surface area contributed by atoms with E-state index in [0.717, 1.165) is 23.1 Å². The Bertz CT molecular complexity index is 567. The topological polar surface area (TPSA) is 64.3 Å². The maximum Gasteiger partial charge on any atom is 0.311 e. The number of hydrogen-bond acceptors (Lipinski definition) is 3. The molecule has 1 aromatic rings. The van der Waals surface area contributed by atoms with Gasteiger partial charge in [0.05, 0.1) is 22.7 Å². The second-order valence-electron chi connectivity index (χ2n) is 5.29. The van der Waals surface area contributed by atoms with Crippen molar-refractivity contribution in [3.8, 4) is 6.07 Å². The Morgan fingerprint density at radius 3 is 2.90 bits per heavy atom. The van der Waals surface area contributed by atoms with Gasteiger partial charge in [-0.2, -0.15) is 5.26 Å². The largest absolute Gasteiger partial charge is 0.481 e. The number of nitriles is 1. The number of carbonyl (C=O) groups is 1. The van der Waals surface area contributed by atoms with Crippen LogP contribution in [-0.2, 0) is 4.79 Å². The number of aliphatic carboxylic acids is 1. The van der Waals surface area contributed by atoms with Crippen LogP contribution in [0.1, 0.15) is 31.7 Å². The summed E-state index contributed by atoms with van der Waals surface area (Å²) in [6.07, 6.45) is 2.24. The second-order valence-corrected chi connectivity index (χ2v) is 6.14. The summed E-state index contributed by atoms with van der Waals surface area (Å²) in [5, 5.41) is 18.4. The van der Waals surface area contributed by atoms with Gasteiger partial charge in [0.2, 0.25) is 0 Å². The first-order valence-electron chi connectivity index (χ1n) is 6.70. The van der Waals surface area contributed by atoms with Crippen LogP contribution < -0.4 is 4.90 Å². The zero-order valence-corrected chi connectivity index (χ0v) is 13.0. The fourth-order valence-electron chi connectivity index (χ4n) is 2.88. The molecular formula is C15H17BrN2O2. The number of nitrogens with zero attached hydrogens (tertiary/aromatic N) is 2. The number of halogens is 1. The molecule has 0 aliphatic carbocycles. The highest BCUT2D eigenvalue weighted by Crippen LogP contribution is 2.40. The van der Waals surface area contributed by atoms with Crippen molar-refractivity contribution < 1.29 is 9.90 Å². The smallest absolute Gasteiger partial charge is 0.311 e. The molecule has 1 fully saturated rings. The standard InChI is InChI=1S/C15H17BrN2O2/c1-2-5-15(14(19)20)6-7-18(10-15)13-4-3-11(9-17)8-12(13)16/h3-4,8H,2,5-7,10H2,1H3,(H,19,20). The first kappa shape index (κ1) is 14.9. The molecule has 5 heteroatoms. The molecule has 1 aromatic carbocycles. The van der Waals surface area contributed by atoms with E-state index in [0.29, 0.717) is 24.9 Å². The minimum atomic E-state index is -0.702. The van der Waals surface area contributed by atoms with Crippen molar-refractivity contribution in [1.29, 1.82) is 5.26 Å². The van der Waals surface area contributed by atoms with Gasteiger partial charge in [-0.25, -0.2) is 0 Å². The first-order chi connectivity index (χ1) is 9.52. The van der Waals surface area contributed by atoms with E-state index in [2.05, 4.69) is 26.9 Å². The monoisotopic (exact) mass is 336 g/mol. The number of benzene rings is 1. The number of carboxylic acids is 1. The van der Waals surface area contributed by atoms with Gasteiger partial charge in [-0.15, -0.1) is 0 Å². The molecule has 1 atom stereocenters. The number of anilines is 1. The Hall–Kier alpha value is -1.54. The van der Waals surface area contributed by atoms with Crippen LogP contribution in [0.25, 0.3) is 0 Å². The fraction of sp³-hybridized carbons (Fsp3) is 0.467. The molecule has 106 valence electrons. The molecule has 1 heterocycles. The average Bonchev–Trinajstić information content (AvgIpc) is 2.84. The van der Waals surface area contributed by atoms with E-state index in [9.17, 15) is 9.90 Å². The van der Waals surface area contributed by atoms with Gasteiger partial charge in [0.25, 0.3) is 0 Å². The molecule has 4 nitrogen and oxygen atoms in total. The normalized spacial score (nSPS) is 21.8. The minimum absolute atomic E-state index is 0.528. The summed E-state index contributed by atoms with van der Waals surface area (Å²) in [4.78, 5) is 13.7. The predicted octanol–water partition coefficient (Wildman–Crippen LogP) is 3.40. The van der Waals surface area contributed by atoms with E-state index in [4.69, 9.17) is 5.26 Å². The molecule has 2 rings (SSSR count). The Morgan fingerprint density at radius 2 is 2.35 bits per heavy atom. The molecule has 0 amide bonds. The van der Waals surface area contributed by atoms with E-state index in [1.54, 1.807) is 12.1 Å². The van der Waals surface area contributed by atoms with Crippen molar-refractivity contribution >= 4 is 27.6 Å². The lowest BCUT2D eigenvalue weighted by atomic mass is 9.83. The van der Waals surface area contributed by atoms with E-state index in [-0.39, 0.29) is 0 Å². The highest BCUT2D eigenvalue weighted by molar-refractivity contribution is 9.10. The van der Waals surface area contributed by atoms with Crippen LogP contribution in [0.3, 0.4) is 0 Å². The number of carboxylic acid groups (broad SMARTS) is 1. The molecule has 1 aliphatic heterocycles. The molecule has 1 aliphatic rings. The summed E-state index contributed by atoms with van der Waals surface area (Å²) in [6, 6.07) is 7.52. The summed E-state index contributed by atoms with van der Waals surface area (Å²) in [7, 11) is 0. The minimum Gasteiger partial charge on any atom is -0.481 e. The molecule has 20 heavy (non-hydrogen) atoms. The third-order valence-corrected chi connectivity index (χ3v) is 4.59. The predicted molar refractivity (Wildman–Crippen MR) is 80.7 cm³/mol. The molecule has 1 N–H and O–H groups in total. The van der Waals surface area contributed by atoms with Gasteiger partial charge in [0.1, 0.15) is 0 Å². The van der Waals surface area contributed by atoms with Crippen LogP contribution in [0.4, 0.5) is 5.69 Å². The van der Waals surface area contributed by atoms with Gasteiger partial charge in [0.15, 0.2) is 0 Å². The van der Waals surface area contributed by atoms with E-state index < -0.39 is 11.4 Å². The van der Waals surface area contributed by atoms with E-state index in [1.165, 1.54) is 0 Å². The Morgan fingerprint density at radius 1 is 1.60 bits per heavy atom. The van der Waals surface area contributed by atoms with Crippen LogP contribution in [0.15, 0.2) is 22.7 Å². The molecule has 0 spiro atoms. The van der Waals surface area contributed by atoms with E-state index >= 15 is 0 Å². The summed E-state index contributed by atoms with van der Waals surface area (Å²) < 4.78 is 0.842. The average molecular weight is 337 g/mol. The van der Waals surface area contributed by atoms with Crippen molar-refractivity contribution in [3.63, 3.8) is 0 Å². The number of rotatable bonds is 4. The molecule has 0 bridgehead atoms. The van der Waals surface area contributed by atoms with Gasteiger partial charge < -0.3 is 10.0 Å². The van der Waals surface area contributed by atoms with Gasteiger partial charge in [-0.05, 0) is 47.0 Å². The maximum atomic E-state index is 11.6. The van der Waals surface area contributed by atoms with Crippen molar-refractivity contribution in [2.24, 2.45) is 5.41 Å². The lowest BCUT2D eigenvalue weighted by molar-refractivity contribution is -0.148. The summed E-state index contributed by atoms with van der Waals surface area (Å²) in [5.41, 5.74) is 0.920. The van der Waals surface area contributed by atoms with Crippen LogP contribution in [-0.4, -0.2) is 24.2 Å². The molecular weight excluding hydrogens is 320 g/mol. The van der Waals surface area contributed by atoms with Crippen LogP contribution >= 0.6 is 15.9 Å². The van der Waals surface area contributed by atoms with Gasteiger partial charge in [0, 0.05) is 17.6 Å². The second kappa shape index (κ2) is 5.84. The quantitative estimate of drug-likeness (QED) is 0.915. The zero-order valence-electron chi connectivity index (χ0n) is 11.4. The number of hydrogen-bond donors (Lipinski definition) is 1. The molecule has 1 saturated heterocycles. The molecule has 0 radical (unpaired) electrons. The van der Waals surface area contributed by atoms with E-state index in [1.807, 2.05) is 13.0 Å². The Kier molecular flexibility index (Phi) is 4.34. The Balaban J connectivity index is 2.25. The third kappa shape index (κ3) is 2.66. The van der Waals surface area contributed by atoms with Crippen molar-refractivity contribution in [3.05, 3.63) is 28.2 Å². The summed E-state index contributed by atoms with van der Waals surface area (Å²) in [6.45, 7) is 3.28. The van der Waals surface area contributed by atoms with Gasteiger partial charge >= 0.3 is 5.97 Å².